The summed E-state index contributed by atoms with van der Waals surface area (Å²) >= 11 is 0. The number of hydrogen-bond donors (Lipinski definition) is 0. The molecular weight excluding hydrogens is 476 g/mol. The van der Waals surface area contributed by atoms with E-state index in [1.165, 1.54) is 21.5 Å². The Hall–Kier alpha value is -5.28. The number of aromatic nitrogens is 2. The van der Waals surface area contributed by atoms with Crippen molar-refractivity contribution in [2.45, 2.75) is 0 Å². The van der Waals surface area contributed by atoms with Gasteiger partial charge >= 0.3 is 0 Å². The van der Waals surface area contributed by atoms with Crippen LogP contribution in [0.4, 0.5) is 0 Å². The molecule has 2 aromatic heterocycles. The number of benzene rings is 6. The summed E-state index contributed by atoms with van der Waals surface area (Å²) in [4.78, 5) is 10.0. The third-order valence-corrected chi connectivity index (χ3v) is 7.47. The van der Waals surface area contributed by atoms with Crippen LogP contribution >= 0.6 is 0 Å². The predicted molar refractivity (Wildman–Crippen MR) is 161 cm³/mol. The Morgan fingerprint density at radius 2 is 1.10 bits per heavy atom. The van der Waals surface area contributed by atoms with Gasteiger partial charge in [0, 0.05) is 16.5 Å². The van der Waals surface area contributed by atoms with Crippen LogP contribution in [-0.4, -0.2) is 9.97 Å². The van der Waals surface area contributed by atoms with E-state index in [1.54, 1.807) is 0 Å². The van der Waals surface area contributed by atoms with Gasteiger partial charge in [0.2, 0.25) is 0 Å². The van der Waals surface area contributed by atoms with Crippen molar-refractivity contribution in [3.05, 3.63) is 133 Å². The summed E-state index contributed by atoms with van der Waals surface area (Å²) in [7, 11) is 0. The molecule has 0 amide bonds. The van der Waals surface area contributed by atoms with Crippen LogP contribution in [0.2, 0.25) is 0 Å². The first-order valence-electron chi connectivity index (χ1n) is 13.1. The fraction of sp³-hybridized carbons (Fsp3) is 0. The lowest BCUT2D eigenvalue weighted by molar-refractivity contribution is 0.667. The van der Waals surface area contributed by atoms with Crippen LogP contribution in [0.25, 0.3) is 77.4 Å². The first kappa shape index (κ1) is 21.8. The summed E-state index contributed by atoms with van der Waals surface area (Å²) in [5.41, 5.74) is 7.40. The molecule has 0 radical (unpaired) electrons. The zero-order chi connectivity index (χ0) is 25.8. The number of hydrogen-bond acceptors (Lipinski definition) is 3. The quantitative estimate of drug-likeness (QED) is 0.228. The summed E-state index contributed by atoms with van der Waals surface area (Å²) in [6, 6.07) is 46.3. The second kappa shape index (κ2) is 8.64. The van der Waals surface area contributed by atoms with Gasteiger partial charge in [0.25, 0.3) is 0 Å². The summed E-state index contributed by atoms with van der Waals surface area (Å²) < 4.78 is 6.41. The molecule has 8 rings (SSSR count). The highest BCUT2D eigenvalue weighted by Gasteiger charge is 2.18. The first-order chi connectivity index (χ1) is 19.3. The standard InChI is InChI=1S/C36H22N2O/c1-3-10-24(11-4-1)33-35-34(38-36(37-33)25-12-5-2-6-13-25)31-22-27(18-20-32(31)39-35)26-17-19-30-28(21-26)16-15-23-9-7-8-14-29(23)30/h1-22H. The van der Waals surface area contributed by atoms with Crippen LogP contribution in [0, 0.1) is 0 Å². The van der Waals surface area contributed by atoms with E-state index in [2.05, 4.69) is 78.9 Å². The minimum absolute atomic E-state index is 0.688. The van der Waals surface area contributed by atoms with Gasteiger partial charge in [-0.05, 0) is 50.9 Å². The van der Waals surface area contributed by atoms with Crippen molar-refractivity contribution in [1.29, 1.82) is 0 Å². The minimum Gasteiger partial charge on any atom is -0.452 e. The molecule has 8 aromatic rings. The molecule has 182 valence electrons. The van der Waals surface area contributed by atoms with E-state index in [-0.39, 0.29) is 0 Å². The predicted octanol–water partition coefficient (Wildman–Crippen LogP) is 9.68. The molecule has 0 saturated carbocycles. The summed E-state index contributed by atoms with van der Waals surface area (Å²) in [5, 5.41) is 6.00. The van der Waals surface area contributed by atoms with Gasteiger partial charge in [-0.15, -0.1) is 0 Å². The number of fused-ring (bicyclic) bond motifs is 6. The lowest BCUT2D eigenvalue weighted by Crippen LogP contribution is -1.93. The minimum atomic E-state index is 0.688. The maximum absolute atomic E-state index is 6.41. The van der Waals surface area contributed by atoms with E-state index in [4.69, 9.17) is 14.4 Å². The third-order valence-electron chi connectivity index (χ3n) is 7.47. The lowest BCUT2D eigenvalue weighted by atomic mass is 9.97. The summed E-state index contributed by atoms with van der Waals surface area (Å²) in [5.74, 6) is 0.688. The highest BCUT2D eigenvalue weighted by molar-refractivity contribution is 6.10. The molecule has 0 fully saturated rings. The lowest BCUT2D eigenvalue weighted by Gasteiger charge is -2.08. The van der Waals surface area contributed by atoms with Gasteiger partial charge in [0.1, 0.15) is 16.8 Å². The number of nitrogens with zero attached hydrogens (tertiary/aromatic N) is 2. The highest BCUT2D eigenvalue weighted by atomic mass is 16.3. The highest BCUT2D eigenvalue weighted by Crippen LogP contribution is 2.38. The van der Waals surface area contributed by atoms with Gasteiger partial charge in [-0.2, -0.15) is 0 Å². The maximum atomic E-state index is 6.41. The summed E-state index contributed by atoms with van der Waals surface area (Å²) in [6.45, 7) is 0. The normalized spacial score (nSPS) is 11.6. The van der Waals surface area contributed by atoms with Gasteiger partial charge in [-0.25, -0.2) is 9.97 Å². The van der Waals surface area contributed by atoms with Crippen LogP contribution < -0.4 is 0 Å². The van der Waals surface area contributed by atoms with Crippen molar-refractivity contribution in [3.8, 4) is 33.8 Å². The van der Waals surface area contributed by atoms with Crippen molar-refractivity contribution < 1.29 is 4.42 Å². The topological polar surface area (TPSA) is 38.9 Å². The average molecular weight is 499 g/mol. The molecule has 0 aliphatic rings. The van der Waals surface area contributed by atoms with Crippen molar-refractivity contribution in [3.63, 3.8) is 0 Å². The van der Waals surface area contributed by atoms with E-state index < -0.39 is 0 Å². The zero-order valence-corrected chi connectivity index (χ0v) is 21.0. The molecule has 0 bridgehead atoms. The van der Waals surface area contributed by atoms with Crippen molar-refractivity contribution in [2.75, 3.05) is 0 Å². The van der Waals surface area contributed by atoms with E-state index in [0.29, 0.717) is 11.4 Å². The fourth-order valence-corrected chi connectivity index (χ4v) is 5.52. The number of rotatable bonds is 3. The van der Waals surface area contributed by atoms with Crippen molar-refractivity contribution in [2.24, 2.45) is 0 Å². The smallest absolute Gasteiger partial charge is 0.180 e. The van der Waals surface area contributed by atoms with Gasteiger partial charge in [-0.1, -0.05) is 115 Å². The zero-order valence-electron chi connectivity index (χ0n) is 21.0. The van der Waals surface area contributed by atoms with Gasteiger partial charge in [-0.3, -0.25) is 0 Å². The van der Waals surface area contributed by atoms with Gasteiger partial charge in [0.05, 0.1) is 0 Å². The Labute approximate surface area is 225 Å². The molecule has 3 nitrogen and oxygen atoms in total. The monoisotopic (exact) mass is 498 g/mol. The van der Waals surface area contributed by atoms with E-state index in [1.807, 2.05) is 54.6 Å². The number of furan rings is 1. The molecule has 0 atom stereocenters. The van der Waals surface area contributed by atoms with Crippen LogP contribution in [0.5, 0.6) is 0 Å². The molecule has 0 saturated heterocycles. The SMILES string of the molecule is c1ccc(-c2nc(-c3ccccc3)c3oc4ccc(-c5ccc6c(ccc7ccccc76)c5)cc4c3n2)cc1. The van der Waals surface area contributed by atoms with Gasteiger partial charge < -0.3 is 4.42 Å². The van der Waals surface area contributed by atoms with Crippen LogP contribution in [-0.2, 0) is 0 Å². The van der Waals surface area contributed by atoms with E-state index in [9.17, 15) is 0 Å². The third kappa shape index (κ3) is 3.59. The summed E-state index contributed by atoms with van der Waals surface area (Å²) in [6.07, 6.45) is 0. The fourth-order valence-electron chi connectivity index (χ4n) is 5.52. The molecule has 0 unspecified atom stereocenters. The second-order valence-corrected chi connectivity index (χ2v) is 9.84. The Balaban J connectivity index is 1.35. The average Bonchev–Trinajstić information content (AvgIpc) is 3.39. The van der Waals surface area contributed by atoms with Crippen LogP contribution in [0.15, 0.2) is 138 Å². The molecule has 6 aromatic carbocycles. The Morgan fingerprint density at radius 1 is 0.436 bits per heavy atom. The van der Waals surface area contributed by atoms with Crippen LogP contribution in [0.1, 0.15) is 0 Å². The second-order valence-electron chi connectivity index (χ2n) is 9.84. The Morgan fingerprint density at radius 3 is 1.95 bits per heavy atom. The molecule has 39 heavy (non-hydrogen) atoms. The first-order valence-corrected chi connectivity index (χ1v) is 13.1. The molecule has 2 heterocycles. The molecule has 0 spiro atoms. The molecule has 0 N–H and O–H groups in total. The maximum Gasteiger partial charge on any atom is 0.180 e. The van der Waals surface area contributed by atoms with Crippen molar-refractivity contribution in [1.82, 2.24) is 9.97 Å². The van der Waals surface area contributed by atoms with E-state index in [0.717, 1.165) is 44.4 Å². The molecule has 0 aliphatic heterocycles. The molecular formula is C36H22N2O. The van der Waals surface area contributed by atoms with Crippen molar-refractivity contribution >= 4 is 43.6 Å². The van der Waals surface area contributed by atoms with Crippen LogP contribution in [0.3, 0.4) is 0 Å². The molecule has 0 aliphatic carbocycles. The Bertz CT molecular complexity index is 2160. The van der Waals surface area contributed by atoms with Gasteiger partial charge in [0.15, 0.2) is 11.4 Å². The Kier molecular flexibility index (Phi) is 4.82. The largest absolute Gasteiger partial charge is 0.452 e. The van der Waals surface area contributed by atoms with E-state index >= 15 is 0 Å². The molecule has 3 heteroatoms.